The molecule has 0 bridgehead atoms. The molecule has 0 aliphatic rings. The van der Waals surface area contributed by atoms with Gasteiger partial charge in [0.05, 0.1) is 11.3 Å². The van der Waals surface area contributed by atoms with E-state index in [1.807, 2.05) is 27.7 Å². The van der Waals surface area contributed by atoms with Crippen LogP contribution < -0.4 is 0 Å². The first-order valence-corrected chi connectivity index (χ1v) is 7.90. The summed E-state index contributed by atoms with van der Waals surface area (Å²) < 4.78 is 65.6. The summed E-state index contributed by atoms with van der Waals surface area (Å²) in [7, 11) is 0. The van der Waals surface area contributed by atoms with Crippen molar-refractivity contribution in [1.29, 1.82) is 0 Å². The second-order valence-electron chi connectivity index (χ2n) is 5.49. The van der Waals surface area contributed by atoms with E-state index in [9.17, 15) is 22.0 Å². The van der Waals surface area contributed by atoms with Crippen molar-refractivity contribution in [3.05, 3.63) is 27.3 Å². The van der Waals surface area contributed by atoms with Gasteiger partial charge in [-0.25, -0.2) is 0 Å². The van der Waals surface area contributed by atoms with Gasteiger partial charge in [-0.05, 0) is 68.5 Å². The van der Waals surface area contributed by atoms with E-state index in [1.165, 1.54) is 11.1 Å². The Kier molecular flexibility index (Phi) is 6.33. The van der Waals surface area contributed by atoms with E-state index in [0.29, 0.717) is 0 Å². The molecule has 0 atom stereocenters. The highest BCUT2D eigenvalue weighted by Crippen LogP contribution is 2.47. The van der Waals surface area contributed by atoms with Crippen LogP contribution in [0, 0.1) is 3.57 Å². The zero-order valence-corrected chi connectivity index (χ0v) is 15.2. The minimum atomic E-state index is -5.70. The van der Waals surface area contributed by atoms with Gasteiger partial charge in [0.1, 0.15) is 0 Å². The lowest BCUT2D eigenvalue weighted by Crippen LogP contribution is -2.34. The number of halogens is 6. The summed E-state index contributed by atoms with van der Waals surface area (Å²) in [6.07, 6.45) is -5.70. The molecule has 0 fully saturated rings. The lowest BCUT2D eigenvalue weighted by molar-refractivity contribution is -0.289. The van der Waals surface area contributed by atoms with Gasteiger partial charge in [-0.1, -0.05) is 5.22 Å². The molecule has 0 radical (unpaired) electrons. The Balaban J connectivity index is 3.34. The largest absolute Gasteiger partial charge is 0.458 e. The predicted molar refractivity (Wildman–Crippen MR) is 85.7 cm³/mol. The summed E-state index contributed by atoms with van der Waals surface area (Å²) in [6, 6.07) is 3.14. The van der Waals surface area contributed by atoms with Crippen LogP contribution in [0.1, 0.15) is 33.3 Å². The zero-order chi connectivity index (χ0) is 18.0. The van der Waals surface area contributed by atoms with Crippen molar-refractivity contribution in [3.63, 3.8) is 0 Å². The normalized spacial score (nSPS) is 13.4. The van der Waals surface area contributed by atoms with Crippen LogP contribution >= 0.6 is 22.6 Å². The highest BCUT2D eigenvalue weighted by Gasteiger charge is 2.59. The molecule has 0 aliphatic carbocycles. The Morgan fingerprint density at radius 1 is 1.00 bits per heavy atom. The fourth-order valence-corrected chi connectivity index (χ4v) is 2.39. The van der Waals surface area contributed by atoms with Gasteiger partial charge in [0, 0.05) is 15.7 Å². The minimum Gasteiger partial charge on any atom is -0.273 e. The summed E-state index contributed by atoms with van der Waals surface area (Å²) in [5.41, 5.74) is -1.70. The van der Waals surface area contributed by atoms with E-state index in [2.05, 4.69) is 10.3 Å². The molecule has 0 amide bonds. The lowest BCUT2D eigenvalue weighted by Gasteiger charge is -2.26. The van der Waals surface area contributed by atoms with Crippen molar-refractivity contribution < 1.29 is 22.0 Å². The molecule has 1 aromatic carbocycles. The number of hydrogen-bond donors (Lipinski definition) is 0. The quantitative estimate of drug-likeness (QED) is 0.232. The molecule has 0 aromatic heterocycles. The molecule has 0 spiro atoms. The maximum absolute atomic E-state index is 13.7. The molecule has 0 saturated heterocycles. The molecular weight excluding hydrogens is 432 g/mol. The van der Waals surface area contributed by atoms with Crippen molar-refractivity contribution in [3.8, 4) is 0 Å². The van der Waals surface area contributed by atoms with Crippen LogP contribution in [0.25, 0.3) is 0 Å². The second kappa shape index (κ2) is 7.27. The standard InChI is InChI=1S/C14H17F5IN3/c1-8(2)23(9(3)4)22-21-12-6-5-10(20)7-11(12)13(15,16)14(17,18)19/h5-9H,1-4H3. The maximum Gasteiger partial charge on any atom is 0.458 e. The Hall–Kier alpha value is -1.00. The second-order valence-corrected chi connectivity index (χ2v) is 6.74. The zero-order valence-electron chi connectivity index (χ0n) is 13.0. The fraction of sp³-hybridized carbons (Fsp3) is 0.571. The van der Waals surface area contributed by atoms with Gasteiger partial charge >= 0.3 is 12.1 Å². The van der Waals surface area contributed by atoms with Crippen LogP contribution in [0.2, 0.25) is 0 Å². The van der Waals surface area contributed by atoms with Crippen LogP contribution in [0.5, 0.6) is 0 Å². The number of rotatable bonds is 5. The molecule has 0 aliphatic heterocycles. The van der Waals surface area contributed by atoms with Crippen molar-refractivity contribution in [2.45, 2.75) is 51.9 Å². The molecule has 1 aromatic rings. The topological polar surface area (TPSA) is 28.0 Å². The van der Waals surface area contributed by atoms with Gasteiger partial charge in [-0.15, -0.1) is 5.11 Å². The van der Waals surface area contributed by atoms with Gasteiger partial charge in [0.25, 0.3) is 0 Å². The summed E-state index contributed by atoms with van der Waals surface area (Å²) in [4.78, 5) is 0. The summed E-state index contributed by atoms with van der Waals surface area (Å²) in [6.45, 7) is 7.27. The van der Waals surface area contributed by atoms with E-state index in [1.54, 1.807) is 22.6 Å². The summed E-state index contributed by atoms with van der Waals surface area (Å²) in [5.74, 6) is -5.00. The first-order valence-electron chi connectivity index (χ1n) is 6.82. The van der Waals surface area contributed by atoms with Gasteiger partial charge in [-0.2, -0.15) is 22.0 Å². The minimum absolute atomic E-state index is 0.0748. The van der Waals surface area contributed by atoms with Crippen LogP contribution in [0.3, 0.4) is 0 Å². The van der Waals surface area contributed by atoms with Crippen molar-refractivity contribution in [2.75, 3.05) is 0 Å². The Morgan fingerprint density at radius 3 is 1.96 bits per heavy atom. The first kappa shape index (κ1) is 20.0. The number of hydrogen-bond acceptors (Lipinski definition) is 2. The highest BCUT2D eigenvalue weighted by molar-refractivity contribution is 14.1. The van der Waals surface area contributed by atoms with Crippen LogP contribution in [0.15, 0.2) is 28.5 Å². The first-order chi connectivity index (χ1) is 10.4. The SMILES string of the molecule is CC(C)N(N=Nc1ccc(I)cc1C(F)(F)C(F)(F)F)C(C)C. The van der Waals surface area contributed by atoms with E-state index >= 15 is 0 Å². The van der Waals surface area contributed by atoms with E-state index in [4.69, 9.17) is 0 Å². The highest BCUT2D eigenvalue weighted by atomic mass is 127. The van der Waals surface area contributed by atoms with Crippen LogP contribution in [-0.2, 0) is 5.92 Å². The molecule has 130 valence electrons. The van der Waals surface area contributed by atoms with Crippen LogP contribution in [0.4, 0.5) is 27.6 Å². The maximum atomic E-state index is 13.7. The molecular formula is C14H17F5IN3. The molecule has 0 saturated carbocycles. The third kappa shape index (κ3) is 4.74. The lowest BCUT2D eigenvalue weighted by atomic mass is 10.1. The van der Waals surface area contributed by atoms with E-state index in [-0.39, 0.29) is 15.7 Å². The number of benzene rings is 1. The van der Waals surface area contributed by atoms with Gasteiger partial charge in [-0.3, -0.25) is 5.01 Å². The molecule has 0 N–H and O–H groups in total. The fourth-order valence-electron chi connectivity index (χ4n) is 1.90. The average Bonchev–Trinajstić information content (AvgIpc) is 2.38. The molecule has 0 heterocycles. The molecule has 1 rings (SSSR count). The Morgan fingerprint density at radius 2 is 1.52 bits per heavy atom. The summed E-state index contributed by atoms with van der Waals surface area (Å²) in [5, 5.41) is 8.99. The van der Waals surface area contributed by atoms with Gasteiger partial charge in [0.15, 0.2) is 0 Å². The van der Waals surface area contributed by atoms with Crippen molar-refractivity contribution in [2.24, 2.45) is 10.3 Å². The Bertz CT molecular complexity index is 562. The molecule has 9 heteroatoms. The molecule has 23 heavy (non-hydrogen) atoms. The monoisotopic (exact) mass is 449 g/mol. The van der Waals surface area contributed by atoms with Crippen molar-refractivity contribution >= 4 is 28.3 Å². The van der Waals surface area contributed by atoms with Crippen LogP contribution in [-0.4, -0.2) is 23.3 Å². The van der Waals surface area contributed by atoms with E-state index < -0.39 is 23.3 Å². The third-order valence-electron chi connectivity index (χ3n) is 2.97. The third-order valence-corrected chi connectivity index (χ3v) is 3.64. The Labute approximate surface area is 145 Å². The number of alkyl halides is 5. The van der Waals surface area contributed by atoms with Crippen molar-refractivity contribution in [1.82, 2.24) is 5.01 Å². The average molecular weight is 449 g/mol. The smallest absolute Gasteiger partial charge is 0.273 e. The molecule has 0 unspecified atom stereocenters. The summed E-state index contributed by atoms with van der Waals surface area (Å²) >= 11 is 1.67. The number of nitrogens with zero attached hydrogens (tertiary/aromatic N) is 3. The van der Waals surface area contributed by atoms with Gasteiger partial charge in [0.2, 0.25) is 0 Å². The van der Waals surface area contributed by atoms with E-state index in [0.717, 1.165) is 12.1 Å². The molecule has 3 nitrogen and oxygen atoms in total. The van der Waals surface area contributed by atoms with Gasteiger partial charge < -0.3 is 0 Å². The predicted octanol–water partition coefficient (Wildman–Crippen LogP) is 6.06.